The molecule has 0 aliphatic rings. The van der Waals surface area contributed by atoms with Crippen molar-refractivity contribution in [2.24, 2.45) is 0 Å². The standard InChI is InChI=1S/C14H23N5O6/c1-17(10-21)7-11(22)16-6-13(24)19(3)9-14(25)18(2)8-12(23)15-4-5-20/h5,10H,4,6-9H2,1-3H3,(H,15,23)(H,16,22). The zero-order valence-corrected chi connectivity index (χ0v) is 14.5. The highest BCUT2D eigenvalue weighted by molar-refractivity contribution is 5.90. The summed E-state index contributed by atoms with van der Waals surface area (Å²) in [5, 5.41) is 4.62. The summed E-state index contributed by atoms with van der Waals surface area (Å²) in [6, 6.07) is 0. The predicted octanol–water partition coefficient (Wildman–Crippen LogP) is -3.58. The lowest BCUT2D eigenvalue weighted by Gasteiger charge is -2.22. The zero-order valence-electron chi connectivity index (χ0n) is 14.5. The van der Waals surface area contributed by atoms with Gasteiger partial charge in [-0.2, -0.15) is 0 Å². The fourth-order valence-corrected chi connectivity index (χ4v) is 1.56. The van der Waals surface area contributed by atoms with Crippen molar-refractivity contribution in [2.75, 3.05) is 53.9 Å². The summed E-state index contributed by atoms with van der Waals surface area (Å²) in [4.78, 5) is 70.5. The second-order valence-corrected chi connectivity index (χ2v) is 5.27. The molecule has 0 fully saturated rings. The van der Waals surface area contributed by atoms with E-state index in [1.807, 2.05) is 0 Å². The predicted molar refractivity (Wildman–Crippen MR) is 86.1 cm³/mol. The van der Waals surface area contributed by atoms with E-state index >= 15 is 0 Å². The third-order valence-electron chi connectivity index (χ3n) is 3.00. The van der Waals surface area contributed by atoms with Crippen LogP contribution in [-0.4, -0.2) is 105 Å². The molecule has 11 heteroatoms. The van der Waals surface area contributed by atoms with Crippen LogP contribution in [-0.2, 0) is 28.8 Å². The van der Waals surface area contributed by atoms with E-state index in [0.29, 0.717) is 12.7 Å². The minimum absolute atomic E-state index is 0.141. The van der Waals surface area contributed by atoms with Gasteiger partial charge in [0.05, 0.1) is 32.7 Å². The first-order valence-electron chi connectivity index (χ1n) is 7.31. The number of rotatable bonds is 11. The van der Waals surface area contributed by atoms with Crippen molar-refractivity contribution in [3.8, 4) is 0 Å². The van der Waals surface area contributed by atoms with Crippen LogP contribution in [0.25, 0.3) is 0 Å². The molecule has 0 rings (SSSR count). The number of carbonyl (C=O) groups excluding carboxylic acids is 6. The van der Waals surface area contributed by atoms with Crippen molar-refractivity contribution in [1.82, 2.24) is 25.3 Å². The molecule has 0 bridgehead atoms. The molecule has 140 valence electrons. The first kappa shape index (κ1) is 22.0. The maximum atomic E-state index is 11.9. The SMILES string of the molecule is CN(C=O)CC(=O)NCC(=O)N(C)CC(=O)N(C)CC(=O)NCC=O. The maximum absolute atomic E-state index is 11.9. The molecule has 0 spiro atoms. The van der Waals surface area contributed by atoms with Crippen molar-refractivity contribution in [3.05, 3.63) is 0 Å². The monoisotopic (exact) mass is 357 g/mol. The minimum Gasteiger partial charge on any atom is -0.348 e. The van der Waals surface area contributed by atoms with Gasteiger partial charge in [-0.25, -0.2) is 0 Å². The van der Waals surface area contributed by atoms with Crippen LogP contribution < -0.4 is 10.6 Å². The Kier molecular flexibility index (Phi) is 10.2. The molecule has 0 aromatic heterocycles. The number of hydrogen-bond donors (Lipinski definition) is 2. The smallest absolute Gasteiger partial charge is 0.242 e. The topological polar surface area (TPSA) is 136 Å². The summed E-state index contributed by atoms with van der Waals surface area (Å²) < 4.78 is 0. The van der Waals surface area contributed by atoms with Crippen LogP contribution in [0.2, 0.25) is 0 Å². The highest BCUT2D eigenvalue weighted by Gasteiger charge is 2.18. The molecule has 25 heavy (non-hydrogen) atoms. The fraction of sp³-hybridized carbons (Fsp3) is 0.571. The Hall–Kier alpha value is -2.98. The molecule has 11 nitrogen and oxygen atoms in total. The second-order valence-electron chi connectivity index (χ2n) is 5.27. The Bertz CT molecular complexity index is 524. The van der Waals surface area contributed by atoms with Gasteiger partial charge in [0.25, 0.3) is 0 Å². The van der Waals surface area contributed by atoms with Gasteiger partial charge in [0.15, 0.2) is 0 Å². The number of nitrogens with one attached hydrogen (secondary N) is 2. The van der Waals surface area contributed by atoms with E-state index in [-0.39, 0.29) is 32.7 Å². The summed E-state index contributed by atoms with van der Waals surface area (Å²) in [5.41, 5.74) is 0. The Morgan fingerprint density at radius 1 is 0.800 bits per heavy atom. The minimum atomic E-state index is -0.508. The van der Waals surface area contributed by atoms with Crippen molar-refractivity contribution in [2.45, 2.75) is 0 Å². The van der Waals surface area contributed by atoms with Crippen LogP contribution in [0.1, 0.15) is 0 Å². The molecule has 0 aliphatic carbocycles. The van der Waals surface area contributed by atoms with Gasteiger partial charge in [-0.1, -0.05) is 0 Å². The van der Waals surface area contributed by atoms with Crippen LogP contribution in [0.4, 0.5) is 0 Å². The Morgan fingerprint density at radius 3 is 1.92 bits per heavy atom. The van der Waals surface area contributed by atoms with E-state index in [0.717, 1.165) is 14.7 Å². The molecule has 2 N–H and O–H groups in total. The molecular formula is C14H23N5O6. The Labute approximate surface area is 145 Å². The van der Waals surface area contributed by atoms with E-state index in [1.165, 1.54) is 21.1 Å². The van der Waals surface area contributed by atoms with Crippen LogP contribution >= 0.6 is 0 Å². The van der Waals surface area contributed by atoms with Gasteiger partial charge < -0.3 is 30.1 Å². The lowest BCUT2D eigenvalue weighted by atomic mass is 10.4. The molecule has 5 amide bonds. The second kappa shape index (κ2) is 11.5. The highest BCUT2D eigenvalue weighted by Crippen LogP contribution is 1.91. The first-order chi connectivity index (χ1) is 11.7. The van der Waals surface area contributed by atoms with E-state index in [9.17, 15) is 28.8 Å². The average Bonchev–Trinajstić information content (AvgIpc) is 2.57. The van der Waals surface area contributed by atoms with Gasteiger partial charge in [-0.05, 0) is 0 Å². The zero-order chi connectivity index (χ0) is 19.4. The third kappa shape index (κ3) is 9.69. The van der Waals surface area contributed by atoms with E-state index in [2.05, 4.69) is 10.6 Å². The number of hydrogen-bond acceptors (Lipinski definition) is 6. The number of aldehydes is 1. The molecule has 0 saturated carbocycles. The lowest BCUT2D eigenvalue weighted by Crippen LogP contribution is -2.46. The van der Waals surface area contributed by atoms with Crippen LogP contribution in [0.3, 0.4) is 0 Å². The van der Waals surface area contributed by atoms with Crippen LogP contribution in [0.5, 0.6) is 0 Å². The molecule has 0 aliphatic heterocycles. The summed E-state index contributed by atoms with van der Waals surface area (Å²) in [7, 11) is 4.18. The average molecular weight is 357 g/mol. The Morgan fingerprint density at radius 2 is 1.36 bits per heavy atom. The van der Waals surface area contributed by atoms with Gasteiger partial charge in [-0.3, -0.25) is 24.0 Å². The molecule has 0 heterocycles. The number of carbonyl (C=O) groups is 6. The summed E-state index contributed by atoms with van der Waals surface area (Å²) in [5.74, 6) is -1.99. The number of nitrogens with zero attached hydrogens (tertiary/aromatic N) is 3. The highest BCUT2D eigenvalue weighted by atomic mass is 16.2. The molecule has 0 unspecified atom stereocenters. The van der Waals surface area contributed by atoms with Gasteiger partial charge in [0.2, 0.25) is 30.0 Å². The van der Waals surface area contributed by atoms with Gasteiger partial charge in [0.1, 0.15) is 6.29 Å². The third-order valence-corrected chi connectivity index (χ3v) is 3.00. The van der Waals surface area contributed by atoms with E-state index < -0.39 is 23.6 Å². The molecule has 0 radical (unpaired) electrons. The fourth-order valence-electron chi connectivity index (χ4n) is 1.56. The Balaban J connectivity index is 4.26. The van der Waals surface area contributed by atoms with Crippen LogP contribution in [0, 0.1) is 0 Å². The summed E-state index contributed by atoms with van der Waals surface area (Å²) in [6.07, 6.45) is 1.00. The summed E-state index contributed by atoms with van der Waals surface area (Å²) >= 11 is 0. The van der Waals surface area contributed by atoms with Crippen molar-refractivity contribution >= 4 is 36.3 Å². The quantitative estimate of drug-likeness (QED) is 0.367. The molecule has 0 saturated heterocycles. The van der Waals surface area contributed by atoms with Gasteiger partial charge in [-0.15, -0.1) is 0 Å². The normalized spacial score (nSPS) is 9.56. The lowest BCUT2D eigenvalue weighted by molar-refractivity contribution is -0.140. The van der Waals surface area contributed by atoms with Crippen molar-refractivity contribution < 1.29 is 28.8 Å². The summed E-state index contributed by atoms with van der Waals surface area (Å²) in [6.45, 7) is -1.17. The first-order valence-corrected chi connectivity index (χ1v) is 7.31. The maximum Gasteiger partial charge on any atom is 0.242 e. The van der Waals surface area contributed by atoms with Crippen molar-refractivity contribution in [1.29, 1.82) is 0 Å². The van der Waals surface area contributed by atoms with Crippen LogP contribution in [0.15, 0.2) is 0 Å². The van der Waals surface area contributed by atoms with E-state index in [1.54, 1.807) is 0 Å². The molecular weight excluding hydrogens is 334 g/mol. The van der Waals surface area contributed by atoms with E-state index in [4.69, 9.17) is 0 Å². The largest absolute Gasteiger partial charge is 0.348 e. The van der Waals surface area contributed by atoms with Gasteiger partial charge >= 0.3 is 0 Å². The number of amides is 5. The molecule has 0 atom stereocenters. The number of likely N-dealkylation sites (N-methyl/N-ethyl adjacent to an activating group) is 3. The van der Waals surface area contributed by atoms with Crippen molar-refractivity contribution in [3.63, 3.8) is 0 Å². The van der Waals surface area contributed by atoms with Gasteiger partial charge in [0, 0.05) is 21.1 Å². The molecule has 0 aromatic rings. The molecule has 0 aromatic carbocycles.